The molecule has 1 aromatic heterocycles. The van der Waals surface area contributed by atoms with Gasteiger partial charge in [-0.1, -0.05) is 0 Å². The molecule has 2 aliphatic carbocycles. The molecule has 2 saturated carbocycles. The van der Waals surface area contributed by atoms with Crippen molar-refractivity contribution in [3.63, 3.8) is 0 Å². The predicted molar refractivity (Wildman–Crippen MR) is 50.4 cm³/mol. The number of hydrogen-bond acceptors (Lipinski definition) is 2. The zero-order valence-electron chi connectivity index (χ0n) is 7.29. The van der Waals surface area contributed by atoms with Crippen molar-refractivity contribution in [2.45, 2.75) is 32.1 Å². The van der Waals surface area contributed by atoms with Crippen molar-refractivity contribution in [2.75, 3.05) is 0 Å². The van der Waals surface area contributed by atoms with Crippen LogP contribution in [0.25, 0.3) is 0 Å². The predicted octanol–water partition coefficient (Wildman–Crippen LogP) is 2.97. The van der Waals surface area contributed by atoms with Crippen LogP contribution in [-0.2, 0) is 0 Å². The summed E-state index contributed by atoms with van der Waals surface area (Å²) in [6.45, 7) is 2.10. The van der Waals surface area contributed by atoms with E-state index in [0.29, 0.717) is 0 Å². The van der Waals surface area contributed by atoms with Gasteiger partial charge in [-0.2, -0.15) is 0 Å². The fraction of sp³-hybridized carbons (Fsp3) is 0.700. The van der Waals surface area contributed by atoms with Crippen molar-refractivity contribution in [1.29, 1.82) is 0 Å². The van der Waals surface area contributed by atoms with E-state index < -0.39 is 0 Å². The summed E-state index contributed by atoms with van der Waals surface area (Å²) in [5.74, 6) is 3.05. The molecule has 0 aromatic carbocycles. The van der Waals surface area contributed by atoms with E-state index in [-0.39, 0.29) is 0 Å². The standard InChI is InChI=1S/C10H13NS/c1-6-11-5-10(12-6)9-4-8(9)7-2-3-7/h5,7-9H,2-4H2,1H3. The van der Waals surface area contributed by atoms with Gasteiger partial charge in [0.1, 0.15) is 0 Å². The molecule has 0 spiro atoms. The minimum absolute atomic E-state index is 0.906. The Hall–Kier alpha value is -0.370. The Kier molecular flexibility index (Phi) is 1.37. The third-order valence-electron chi connectivity index (χ3n) is 3.07. The van der Waals surface area contributed by atoms with E-state index in [0.717, 1.165) is 17.8 Å². The van der Waals surface area contributed by atoms with Gasteiger partial charge in [-0.25, -0.2) is 4.98 Å². The van der Waals surface area contributed by atoms with Crippen molar-refractivity contribution in [2.24, 2.45) is 11.8 Å². The topological polar surface area (TPSA) is 12.9 Å². The van der Waals surface area contributed by atoms with Gasteiger partial charge in [-0.05, 0) is 43.9 Å². The molecule has 0 saturated heterocycles. The summed E-state index contributed by atoms with van der Waals surface area (Å²) >= 11 is 1.90. The quantitative estimate of drug-likeness (QED) is 0.680. The summed E-state index contributed by atoms with van der Waals surface area (Å²) in [6.07, 6.45) is 6.54. The molecule has 2 heteroatoms. The molecule has 64 valence electrons. The average molecular weight is 179 g/mol. The third kappa shape index (κ3) is 1.09. The number of thiazole rings is 1. The molecule has 0 N–H and O–H groups in total. The van der Waals surface area contributed by atoms with Crippen LogP contribution >= 0.6 is 11.3 Å². The van der Waals surface area contributed by atoms with Gasteiger partial charge in [-0.3, -0.25) is 0 Å². The minimum atomic E-state index is 0.906. The molecular weight excluding hydrogens is 166 g/mol. The van der Waals surface area contributed by atoms with Gasteiger partial charge in [0, 0.05) is 11.1 Å². The van der Waals surface area contributed by atoms with Crippen LogP contribution in [-0.4, -0.2) is 4.98 Å². The first kappa shape index (κ1) is 7.07. The van der Waals surface area contributed by atoms with Crippen LogP contribution in [0.5, 0.6) is 0 Å². The molecule has 1 nitrogen and oxygen atoms in total. The lowest BCUT2D eigenvalue weighted by Gasteiger charge is -1.90. The molecule has 1 heterocycles. The Labute approximate surface area is 76.8 Å². The first-order valence-electron chi connectivity index (χ1n) is 4.77. The van der Waals surface area contributed by atoms with Gasteiger partial charge in [0.15, 0.2) is 0 Å². The largest absolute Gasteiger partial charge is 0.250 e. The van der Waals surface area contributed by atoms with Crippen LogP contribution in [0.1, 0.15) is 35.1 Å². The molecule has 12 heavy (non-hydrogen) atoms. The zero-order valence-corrected chi connectivity index (χ0v) is 8.10. The van der Waals surface area contributed by atoms with Crippen molar-refractivity contribution in [3.8, 4) is 0 Å². The van der Waals surface area contributed by atoms with Gasteiger partial charge in [-0.15, -0.1) is 11.3 Å². The lowest BCUT2D eigenvalue weighted by atomic mass is 10.2. The summed E-state index contributed by atoms with van der Waals surface area (Å²) in [5.41, 5.74) is 0. The first-order valence-corrected chi connectivity index (χ1v) is 5.58. The molecule has 2 unspecified atom stereocenters. The second-order valence-electron chi connectivity index (χ2n) is 4.13. The first-order chi connectivity index (χ1) is 5.84. The summed E-state index contributed by atoms with van der Waals surface area (Å²) in [4.78, 5) is 5.86. The van der Waals surface area contributed by atoms with E-state index in [4.69, 9.17) is 0 Å². The normalized spacial score (nSPS) is 33.8. The van der Waals surface area contributed by atoms with Gasteiger partial charge in [0.25, 0.3) is 0 Å². The highest BCUT2D eigenvalue weighted by Gasteiger charge is 2.48. The van der Waals surface area contributed by atoms with Gasteiger partial charge < -0.3 is 0 Å². The molecular formula is C10H13NS. The van der Waals surface area contributed by atoms with E-state index >= 15 is 0 Å². The maximum absolute atomic E-state index is 4.31. The average Bonchev–Trinajstić information content (AvgIpc) is 2.92. The lowest BCUT2D eigenvalue weighted by molar-refractivity contribution is 0.693. The molecule has 0 radical (unpaired) electrons. The highest BCUT2D eigenvalue weighted by molar-refractivity contribution is 7.11. The summed E-state index contributed by atoms with van der Waals surface area (Å²) in [7, 11) is 0. The summed E-state index contributed by atoms with van der Waals surface area (Å²) in [5, 5.41) is 1.23. The third-order valence-corrected chi connectivity index (χ3v) is 4.12. The van der Waals surface area contributed by atoms with Crippen molar-refractivity contribution >= 4 is 11.3 Å². The van der Waals surface area contributed by atoms with Crippen molar-refractivity contribution < 1.29 is 0 Å². The maximum Gasteiger partial charge on any atom is 0.0896 e. The van der Waals surface area contributed by atoms with Crippen LogP contribution in [0.2, 0.25) is 0 Å². The lowest BCUT2D eigenvalue weighted by Crippen LogP contribution is -1.80. The Morgan fingerprint density at radius 1 is 1.50 bits per heavy atom. The molecule has 2 atom stereocenters. The number of aromatic nitrogens is 1. The second kappa shape index (κ2) is 2.32. The van der Waals surface area contributed by atoms with Crippen molar-refractivity contribution in [3.05, 3.63) is 16.1 Å². The minimum Gasteiger partial charge on any atom is -0.250 e. The summed E-state index contributed by atoms with van der Waals surface area (Å²) < 4.78 is 0. The van der Waals surface area contributed by atoms with E-state index in [1.807, 2.05) is 11.3 Å². The van der Waals surface area contributed by atoms with E-state index in [2.05, 4.69) is 18.1 Å². The van der Waals surface area contributed by atoms with E-state index in [1.165, 1.54) is 24.3 Å². The van der Waals surface area contributed by atoms with E-state index in [9.17, 15) is 0 Å². The number of hydrogen-bond donors (Lipinski definition) is 0. The number of nitrogens with zero attached hydrogens (tertiary/aromatic N) is 1. The van der Waals surface area contributed by atoms with Gasteiger partial charge in [0.05, 0.1) is 5.01 Å². The smallest absolute Gasteiger partial charge is 0.0896 e. The van der Waals surface area contributed by atoms with Crippen LogP contribution < -0.4 is 0 Å². The fourth-order valence-electron chi connectivity index (χ4n) is 2.14. The molecule has 1 aromatic rings. The Bertz CT molecular complexity index is 301. The Morgan fingerprint density at radius 2 is 2.33 bits per heavy atom. The Balaban J connectivity index is 1.75. The zero-order chi connectivity index (χ0) is 8.13. The maximum atomic E-state index is 4.31. The monoisotopic (exact) mass is 179 g/mol. The van der Waals surface area contributed by atoms with Crippen molar-refractivity contribution in [1.82, 2.24) is 4.98 Å². The fourth-order valence-corrected chi connectivity index (χ4v) is 3.11. The Morgan fingerprint density at radius 3 is 2.92 bits per heavy atom. The molecule has 3 rings (SSSR count). The molecule has 2 aliphatic rings. The van der Waals surface area contributed by atoms with Gasteiger partial charge >= 0.3 is 0 Å². The second-order valence-corrected chi connectivity index (χ2v) is 5.39. The van der Waals surface area contributed by atoms with Gasteiger partial charge in [0.2, 0.25) is 0 Å². The van der Waals surface area contributed by atoms with E-state index in [1.54, 1.807) is 4.88 Å². The highest BCUT2D eigenvalue weighted by Crippen LogP contribution is 2.59. The molecule has 2 fully saturated rings. The number of aryl methyl sites for hydroxylation is 1. The molecule has 0 aliphatic heterocycles. The highest BCUT2D eigenvalue weighted by atomic mass is 32.1. The van der Waals surface area contributed by atoms with Crippen LogP contribution in [0.4, 0.5) is 0 Å². The molecule has 0 amide bonds. The summed E-state index contributed by atoms with van der Waals surface area (Å²) in [6, 6.07) is 0. The van der Waals surface area contributed by atoms with Crippen LogP contribution in [0.3, 0.4) is 0 Å². The molecule has 0 bridgehead atoms. The number of rotatable bonds is 2. The SMILES string of the molecule is Cc1ncc(C2CC2C2CC2)s1. The van der Waals surface area contributed by atoms with Crippen LogP contribution in [0, 0.1) is 18.8 Å². The van der Waals surface area contributed by atoms with Crippen LogP contribution in [0.15, 0.2) is 6.20 Å².